The lowest BCUT2D eigenvalue weighted by molar-refractivity contribution is -0.146. The Labute approximate surface area is 127 Å². The lowest BCUT2D eigenvalue weighted by Gasteiger charge is -2.28. The molecule has 1 aliphatic heterocycles. The smallest absolute Gasteiger partial charge is 0.308 e. The predicted octanol–water partition coefficient (Wildman–Crippen LogP) is 2.61. The molecule has 0 bridgehead atoms. The summed E-state index contributed by atoms with van der Waals surface area (Å²) in [5.41, 5.74) is 0.365. The molecule has 0 saturated carbocycles. The number of methoxy groups -OCH3 is 1. The van der Waals surface area contributed by atoms with Crippen molar-refractivity contribution in [3.63, 3.8) is 0 Å². The summed E-state index contributed by atoms with van der Waals surface area (Å²) in [6, 6.07) is 1.89. The van der Waals surface area contributed by atoms with Gasteiger partial charge in [0.25, 0.3) is 0 Å². The van der Waals surface area contributed by atoms with Crippen LogP contribution in [0.3, 0.4) is 0 Å². The Morgan fingerprint density at radius 2 is 1.95 bits per heavy atom. The van der Waals surface area contributed by atoms with Crippen LogP contribution in [-0.2, 0) is 16.0 Å². The summed E-state index contributed by atoms with van der Waals surface area (Å²) < 4.78 is 43.9. The molecule has 1 aliphatic rings. The zero-order valence-corrected chi connectivity index (χ0v) is 12.3. The molecule has 1 saturated heterocycles. The fourth-order valence-electron chi connectivity index (χ4n) is 2.55. The van der Waals surface area contributed by atoms with Gasteiger partial charge in [-0.05, 0) is 43.5 Å². The van der Waals surface area contributed by atoms with Crippen LogP contribution in [0.1, 0.15) is 18.4 Å². The van der Waals surface area contributed by atoms with Gasteiger partial charge in [0.1, 0.15) is 0 Å². The average Bonchev–Trinajstić information content (AvgIpc) is 2.44. The van der Waals surface area contributed by atoms with Crippen molar-refractivity contribution in [2.75, 3.05) is 13.7 Å². The number of carbonyl (C=O) groups is 1. The highest BCUT2D eigenvalue weighted by atomic mass is 35.5. The number of carbonyl (C=O) groups excluding carboxylic acids is 1. The van der Waals surface area contributed by atoms with Crippen molar-refractivity contribution in [1.82, 2.24) is 5.32 Å². The van der Waals surface area contributed by atoms with E-state index in [4.69, 9.17) is 4.74 Å². The lowest BCUT2D eigenvalue weighted by atomic mass is 9.89. The molecular weight excluding hydrogens is 307 g/mol. The lowest BCUT2D eigenvalue weighted by Crippen LogP contribution is -2.42. The van der Waals surface area contributed by atoms with Gasteiger partial charge < -0.3 is 10.1 Å². The van der Waals surface area contributed by atoms with Crippen LogP contribution in [-0.4, -0.2) is 25.7 Å². The van der Waals surface area contributed by atoms with E-state index < -0.39 is 17.5 Å². The van der Waals surface area contributed by atoms with Crippen molar-refractivity contribution in [2.45, 2.75) is 25.3 Å². The average molecular weight is 324 g/mol. The Morgan fingerprint density at radius 1 is 1.33 bits per heavy atom. The van der Waals surface area contributed by atoms with E-state index in [0.29, 0.717) is 31.4 Å². The number of halogens is 4. The van der Waals surface area contributed by atoms with E-state index in [0.717, 1.165) is 12.1 Å². The molecule has 2 unspecified atom stereocenters. The highest BCUT2D eigenvalue weighted by Crippen LogP contribution is 2.22. The molecule has 0 spiro atoms. The molecule has 118 valence electrons. The Hall–Kier alpha value is -1.27. The van der Waals surface area contributed by atoms with Gasteiger partial charge in [-0.25, -0.2) is 13.2 Å². The number of hydrogen-bond donors (Lipinski definition) is 1. The number of hydrogen-bond acceptors (Lipinski definition) is 3. The molecule has 3 nitrogen and oxygen atoms in total. The molecule has 21 heavy (non-hydrogen) atoms. The van der Waals surface area contributed by atoms with Crippen LogP contribution < -0.4 is 5.32 Å². The number of piperidine rings is 1. The minimum atomic E-state index is -1.46. The van der Waals surface area contributed by atoms with E-state index in [9.17, 15) is 18.0 Å². The second kappa shape index (κ2) is 7.66. The molecule has 0 radical (unpaired) electrons. The maximum atomic E-state index is 13.1. The first-order chi connectivity index (χ1) is 9.51. The molecule has 0 aromatic heterocycles. The van der Waals surface area contributed by atoms with Crippen LogP contribution in [0.25, 0.3) is 0 Å². The molecular formula is C14H17ClF3NO2. The SMILES string of the molecule is COC(=O)C1CCNC(Cc2cc(F)c(F)c(F)c2)C1.Cl. The topological polar surface area (TPSA) is 38.3 Å². The summed E-state index contributed by atoms with van der Waals surface area (Å²) in [5, 5.41) is 3.18. The zero-order valence-electron chi connectivity index (χ0n) is 11.5. The summed E-state index contributed by atoms with van der Waals surface area (Å²) in [4.78, 5) is 11.5. The molecule has 0 aliphatic carbocycles. The third kappa shape index (κ3) is 4.35. The molecule has 1 aromatic rings. The molecule has 7 heteroatoms. The van der Waals surface area contributed by atoms with E-state index in [1.807, 2.05) is 0 Å². The van der Waals surface area contributed by atoms with Crippen LogP contribution in [0.15, 0.2) is 12.1 Å². The van der Waals surface area contributed by atoms with E-state index in [2.05, 4.69) is 5.32 Å². The normalized spacial score (nSPS) is 21.5. The van der Waals surface area contributed by atoms with Crippen molar-refractivity contribution in [1.29, 1.82) is 0 Å². The first-order valence-electron chi connectivity index (χ1n) is 6.46. The number of esters is 1. The summed E-state index contributed by atoms with van der Waals surface area (Å²) in [5.74, 6) is -4.33. The van der Waals surface area contributed by atoms with E-state index in [-0.39, 0.29) is 30.3 Å². The van der Waals surface area contributed by atoms with E-state index >= 15 is 0 Å². The van der Waals surface area contributed by atoms with Gasteiger partial charge in [0.05, 0.1) is 13.0 Å². The Kier molecular flexibility index (Phi) is 6.48. The fraction of sp³-hybridized carbons (Fsp3) is 0.500. The predicted molar refractivity (Wildman–Crippen MR) is 73.8 cm³/mol. The van der Waals surface area contributed by atoms with Gasteiger partial charge in [-0.2, -0.15) is 0 Å². The van der Waals surface area contributed by atoms with Gasteiger partial charge >= 0.3 is 5.97 Å². The summed E-state index contributed by atoms with van der Waals surface area (Å²) in [6.07, 6.45) is 1.55. The minimum Gasteiger partial charge on any atom is -0.469 e. The van der Waals surface area contributed by atoms with E-state index in [1.165, 1.54) is 7.11 Å². The summed E-state index contributed by atoms with van der Waals surface area (Å²) in [6.45, 7) is 0.636. The van der Waals surface area contributed by atoms with Gasteiger partial charge in [-0.1, -0.05) is 0 Å². The van der Waals surface area contributed by atoms with Crippen LogP contribution in [0.5, 0.6) is 0 Å². The Balaban J connectivity index is 0.00000220. The van der Waals surface area contributed by atoms with Crippen LogP contribution in [0, 0.1) is 23.4 Å². The molecule has 2 atom stereocenters. The quantitative estimate of drug-likeness (QED) is 0.686. The van der Waals surface area contributed by atoms with Crippen molar-refractivity contribution in [3.05, 3.63) is 35.1 Å². The maximum Gasteiger partial charge on any atom is 0.308 e. The second-order valence-electron chi connectivity index (χ2n) is 4.97. The largest absolute Gasteiger partial charge is 0.469 e. The van der Waals surface area contributed by atoms with Crippen molar-refractivity contribution < 1.29 is 22.7 Å². The van der Waals surface area contributed by atoms with Gasteiger partial charge in [-0.3, -0.25) is 4.79 Å². The van der Waals surface area contributed by atoms with Gasteiger partial charge in [0.15, 0.2) is 17.5 Å². The number of rotatable bonds is 3. The third-order valence-corrected chi connectivity index (χ3v) is 3.56. The van der Waals surface area contributed by atoms with Crippen molar-refractivity contribution >= 4 is 18.4 Å². The molecule has 1 heterocycles. The van der Waals surface area contributed by atoms with Gasteiger partial charge in [-0.15, -0.1) is 12.4 Å². The highest BCUT2D eigenvalue weighted by molar-refractivity contribution is 5.85. The van der Waals surface area contributed by atoms with Gasteiger partial charge in [0, 0.05) is 6.04 Å². The van der Waals surface area contributed by atoms with Gasteiger partial charge in [0.2, 0.25) is 0 Å². The minimum absolute atomic E-state index is 0. The zero-order chi connectivity index (χ0) is 14.7. The number of benzene rings is 1. The number of nitrogens with one attached hydrogen (secondary N) is 1. The van der Waals surface area contributed by atoms with Crippen LogP contribution in [0.2, 0.25) is 0 Å². The van der Waals surface area contributed by atoms with Crippen molar-refractivity contribution in [3.8, 4) is 0 Å². The molecule has 2 rings (SSSR count). The van der Waals surface area contributed by atoms with Crippen molar-refractivity contribution in [2.24, 2.45) is 5.92 Å². The maximum absolute atomic E-state index is 13.1. The molecule has 1 N–H and O–H groups in total. The Bertz CT molecular complexity index is 490. The first kappa shape index (κ1) is 17.8. The second-order valence-corrected chi connectivity index (χ2v) is 4.97. The van der Waals surface area contributed by atoms with Crippen LogP contribution in [0.4, 0.5) is 13.2 Å². The molecule has 1 fully saturated rings. The Morgan fingerprint density at radius 3 is 2.52 bits per heavy atom. The first-order valence-corrected chi connectivity index (χ1v) is 6.46. The highest BCUT2D eigenvalue weighted by Gasteiger charge is 2.28. The van der Waals surface area contributed by atoms with E-state index in [1.54, 1.807) is 0 Å². The monoisotopic (exact) mass is 323 g/mol. The molecule has 1 aromatic carbocycles. The summed E-state index contributed by atoms with van der Waals surface area (Å²) in [7, 11) is 1.34. The summed E-state index contributed by atoms with van der Waals surface area (Å²) >= 11 is 0. The number of ether oxygens (including phenoxy) is 1. The standard InChI is InChI=1S/C14H16F3NO2.ClH/c1-20-14(19)9-2-3-18-10(7-9)4-8-5-11(15)13(17)12(16)6-8;/h5-6,9-10,18H,2-4,7H2,1H3;1H. The molecule has 0 amide bonds. The van der Waals surface area contributed by atoms with Crippen LogP contribution >= 0.6 is 12.4 Å². The fourth-order valence-corrected chi connectivity index (χ4v) is 2.55. The third-order valence-electron chi connectivity index (χ3n) is 3.56.